The summed E-state index contributed by atoms with van der Waals surface area (Å²) in [6, 6.07) is 7.21. The third-order valence-corrected chi connectivity index (χ3v) is 5.35. The molecule has 1 amide bonds. The molecule has 114 valence electrons. The molecule has 0 saturated carbocycles. The van der Waals surface area contributed by atoms with Crippen LogP contribution in [0.15, 0.2) is 24.3 Å². The van der Waals surface area contributed by atoms with Crippen LogP contribution in [0, 0.1) is 11.8 Å². The summed E-state index contributed by atoms with van der Waals surface area (Å²) in [6.45, 7) is 4.72. The third-order valence-electron chi connectivity index (χ3n) is 3.77. The van der Waals surface area contributed by atoms with Crippen molar-refractivity contribution in [3.63, 3.8) is 0 Å². The van der Waals surface area contributed by atoms with E-state index in [1.165, 1.54) is 0 Å². The second kappa shape index (κ2) is 8.76. The normalized spacial score (nSPS) is 10.7. The van der Waals surface area contributed by atoms with Crippen LogP contribution in [0.4, 0.5) is 0 Å². The number of thioether (sulfide) groups is 1. The molecule has 4 heteroatoms. The Kier molecular flexibility index (Phi) is 7.35. The van der Waals surface area contributed by atoms with Crippen LogP contribution in [0.2, 0.25) is 0 Å². The van der Waals surface area contributed by atoms with Crippen molar-refractivity contribution in [1.82, 2.24) is 5.32 Å². The molecular formula is C17H23NO2S. The fraction of sp³-hybridized carbons (Fsp3) is 0.471. The summed E-state index contributed by atoms with van der Waals surface area (Å²) in [7, 11) is 0. The Morgan fingerprint density at radius 2 is 2.00 bits per heavy atom. The van der Waals surface area contributed by atoms with Crippen LogP contribution >= 0.6 is 11.8 Å². The zero-order chi connectivity index (χ0) is 15.7. The number of hydrogen-bond donors (Lipinski definition) is 2. The second-order valence-corrected chi connectivity index (χ2v) is 6.06. The molecule has 0 unspecified atom stereocenters. The molecule has 0 aliphatic rings. The maximum absolute atomic E-state index is 12.4. The first-order valence-electron chi connectivity index (χ1n) is 7.14. The molecule has 0 aliphatic heterocycles. The minimum absolute atomic E-state index is 0.0847. The molecule has 1 aromatic carbocycles. The quantitative estimate of drug-likeness (QED) is 0.795. The Hall–Kier alpha value is -1.44. The highest BCUT2D eigenvalue weighted by Crippen LogP contribution is 2.29. The maximum atomic E-state index is 12.4. The first-order chi connectivity index (χ1) is 10.1. The predicted molar refractivity (Wildman–Crippen MR) is 89.6 cm³/mol. The lowest BCUT2D eigenvalue weighted by Crippen LogP contribution is -2.39. The summed E-state index contributed by atoms with van der Waals surface area (Å²) in [5, 5.41) is 11.8. The minimum atomic E-state index is -0.211. The van der Waals surface area contributed by atoms with Gasteiger partial charge in [-0.25, -0.2) is 0 Å². The molecule has 0 fully saturated rings. The number of carbonyl (C=O) groups excluding carboxylic acids is 1. The van der Waals surface area contributed by atoms with Gasteiger partial charge in [0.1, 0.15) is 6.61 Å². The molecule has 0 aromatic heterocycles. The van der Waals surface area contributed by atoms with Gasteiger partial charge < -0.3 is 10.4 Å². The lowest BCUT2D eigenvalue weighted by atomic mass is 10.0. The van der Waals surface area contributed by atoms with Gasteiger partial charge in [-0.3, -0.25) is 4.79 Å². The predicted octanol–water partition coefficient (Wildman–Crippen LogP) is 2.68. The van der Waals surface area contributed by atoms with Crippen molar-refractivity contribution >= 4 is 17.7 Å². The first-order valence-corrected chi connectivity index (χ1v) is 8.37. The topological polar surface area (TPSA) is 49.3 Å². The van der Waals surface area contributed by atoms with Gasteiger partial charge in [-0.15, -0.1) is 0 Å². The number of rotatable bonds is 6. The molecule has 0 heterocycles. The van der Waals surface area contributed by atoms with Crippen molar-refractivity contribution in [2.75, 3.05) is 19.4 Å². The molecule has 21 heavy (non-hydrogen) atoms. The third kappa shape index (κ3) is 4.80. The average molecular weight is 305 g/mol. The van der Waals surface area contributed by atoms with E-state index < -0.39 is 0 Å². The average Bonchev–Trinajstić information content (AvgIpc) is 2.54. The van der Waals surface area contributed by atoms with Crippen LogP contribution in [0.3, 0.4) is 0 Å². The van der Waals surface area contributed by atoms with E-state index in [1.807, 2.05) is 12.1 Å². The van der Waals surface area contributed by atoms with E-state index in [4.69, 9.17) is 5.11 Å². The van der Waals surface area contributed by atoms with Gasteiger partial charge in [0.15, 0.2) is 0 Å². The smallest absolute Gasteiger partial charge is 0.252 e. The Morgan fingerprint density at radius 1 is 1.33 bits per heavy atom. The summed E-state index contributed by atoms with van der Waals surface area (Å²) in [6.07, 6.45) is 4.10. The van der Waals surface area contributed by atoms with Crippen molar-refractivity contribution in [3.8, 4) is 11.8 Å². The van der Waals surface area contributed by atoms with Crippen molar-refractivity contribution in [2.45, 2.75) is 31.4 Å². The zero-order valence-electron chi connectivity index (χ0n) is 12.9. The Balaban J connectivity index is 2.85. The Morgan fingerprint density at radius 3 is 2.57 bits per heavy atom. The minimum Gasteiger partial charge on any atom is -0.384 e. The van der Waals surface area contributed by atoms with Crippen molar-refractivity contribution in [1.29, 1.82) is 0 Å². The number of amides is 1. The number of aliphatic hydroxyl groups excluding tert-OH is 1. The standard InChI is InChI=1S/C17H23NO2S/c1-4-17(5-2,21-3)13-18-16(20)15-11-7-6-9-14(15)10-8-12-19/h6-7,9,11,19H,4-5,12-13H2,1-3H3,(H,18,20). The molecule has 0 radical (unpaired) electrons. The molecule has 2 N–H and O–H groups in total. The second-order valence-electron chi connectivity index (χ2n) is 4.78. The molecule has 0 spiro atoms. The van der Waals surface area contributed by atoms with Crippen LogP contribution in [-0.4, -0.2) is 35.2 Å². The summed E-state index contributed by atoms with van der Waals surface area (Å²) in [5.41, 5.74) is 1.20. The summed E-state index contributed by atoms with van der Waals surface area (Å²) in [5.74, 6) is 5.29. The highest BCUT2D eigenvalue weighted by atomic mass is 32.2. The van der Waals surface area contributed by atoms with Gasteiger partial charge in [-0.1, -0.05) is 37.8 Å². The lowest BCUT2D eigenvalue weighted by molar-refractivity contribution is 0.0948. The van der Waals surface area contributed by atoms with E-state index in [9.17, 15) is 4.79 Å². The van der Waals surface area contributed by atoms with Crippen LogP contribution in [-0.2, 0) is 0 Å². The van der Waals surface area contributed by atoms with Gasteiger partial charge in [0.25, 0.3) is 5.91 Å². The van der Waals surface area contributed by atoms with Gasteiger partial charge >= 0.3 is 0 Å². The Labute approximate surface area is 131 Å². The van der Waals surface area contributed by atoms with Crippen LogP contribution < -0.4 is 5.32 Å². The summed E-state index contributed by atoms with van der Waals surface area (Å²) >= 11 is 1.80. The summed E-state index contributed by atoms with van der Waals surface area (Å²) in [4.78, 5) is 12.4. The van der Waals surface area contributed by atoms with Gasteiger partial charge in [0.2, 0.25) is 0 Å². The molecule has 1 aromatic rings. The molecule has 0 aliphatic carbocycles. The van der Waals surface area contributed by atoms with Crippen molar-refractivity contribution in [2.24, 2.45) is 0 Å². The molecular weight excluding hydrogens is 282 g/mol. The molecule has 3 nitrogen and oxygen atoms in total. The van der Waals surface area contributed by atoms with E-state index >= 15 is 0 Å². The van der Waals surface area contributed by atoms with E-state index in [2.05, 4.69) is 37.3 Å². The maximum Gasteiger partial charge on any atom is 0.252 e. The van der Waals surface area contributed by atoms with E-state index in [1.54, 1.807) is 23.9 Å². The summed E-state index contributed by atoms with van der Waals surface area (Å²) < 4.78 is 0.0847. The number of carbonyl (C=O) groups is 1. The number of aliphatic hydroxyl groups is 1. The lowest BCUT2D eigenvalue weighted by Gasteiger charge is -2.29. The van der Waals surface area contributed by atoms with Crippen LogP contribution in [0.25, 0.3) is 0 Å². The number of hydrogen-bond acceptors (Lipinski definition) is 3. The molecule has 0 atom stereocenters. The highest BCUT2D eigenvalue weighted by molar-refractivity contribution is 8.00. The van der Waals surface area contributed by atoms with Gasteiger partial charge in [-0.05, 0) is 31.2 Å². The largest absolute Gasteiger partial charge is 0.384 e. The van der Waals surface area contributed by atoms with Crippen molar-refractivity contribution in [3.05, 3.63) is 35.4 Å². The fourth-order valence-corrected chi connectivity index (χ4v) is 2.92. The highest BCUT2D eigenvalue weighted by Gasteiger charge is 2.25. The van der Waals surface area contributed by atoms with E-state index in [0.717, 1.165) is 12.8 Å². The molecule has 1 rings (SSSR count). The molecule has 0 bridgehead atoms. The fourth-order valence-electron chi connectivity index (χ4n) is 2.12. The monoisotopic (exact) mass is 305 g/mol. The van der Waals surface area contributed by atoms with Crippen LogP contribution in [0.5, 0.6) is 0 Å². The Bertz CT molecular complexity index is 519. The van der Waals surface area contributed by atoms with Gasteiger partial charge in [-0.2, -0.15) is 11.8 Å². The number of benzene rings is 1. The van der Waals surface area contributed by atoms with Crippen LogP contribution in [0.1, 0.15) is 42.6 Å². The van der Waals surface area contributed by atoms with Gasteiger partial charge in [0, 0.05) is 16.9 Å². The van der Waals surface area contributed by atoms with E-state index in [0.29, 0.717) is 17.7 Å². The first kappa shape index (κ1) is 17.6. The van der Waals surface area contributed by atoms with Crippen molar-refractivity contribution < 1.29 is 9.90 Å². The zero-order valence-corrected chi connectivity index (χ0v) is 13.7. The van der Waals surface area contributed by atoms with Gasteiger partial charge in [0.05, 0.1) is 5.56 Å². The van der Waals surface area contributed by atoms with E-state index in [-0.39, 0.29) is 17.3 Å². The SMILES string of the molecule is CCC(CC)(CNC(=O)c1ccccc1C#CCO)SC. The molecule has 0 saturated heterocycles. The number of nitrogens with one attached hydrogen (secondary N) is 1.